The zero-order valence-electron chi connectivity index (χ0n) is 21.3. The van der Waals surface area contributed by atoms with E-state index in [1.807, 2.05) is 27.7 Å². The van der Waals surface area contributed by atoms with Crippen molar-refractivity contribution in [3.63, 3.8) is 0 Å². The summed E-state index contributed by atoms with van der Waals surface area (Å²) in [6.45, 7) is 11.1. The molecular weight excluding hydrogens is 442 g/mol. The predicted molar refractivity (Wildman–Crippen MR) is 131 cm³/mol. The SMILES string of the molecule is CCCCNC[C@H](NC(C)C)C(=O)NCCC(NC(=O)[C@H](CCC(=O)O)NC(C)CC)C(=O)O. The molecule has 11 nitrogen and oxygen atoms in total. The Hall–Kier alpha value is -2.24. The number of carbonyl (C=O) groups is 4. The first-order valence-electron chi connectivity index (χ1n) is 12.3. The molecular formula is C23H45N5O6. The fourth-order valence-electron chi connectivity index (χ4n) is 3.19. The molecule has 34 heavy (non-hydrogen) atoms. The summed E-state index contributed by atoms with van der Waals surface area (Å²) in [6, 6.07) is -2.44. The fourth-order valence-corrected chi connectivity index (χ4v) is 3.19. The molecule has 0 spiro atoms. The normalized spacial score (nSPS) is 14.8. The largest absolute Gasteiger partial charge is 0.481 e. The van der Waals surface area contributed by atoms with Crippen LogP contribution in [0.5, 0.6) is 0 Å². The number of hydrogen-bond acceptors (Lipinski definition) is 7. The Morgan fingerprint density at radius 3 is 2.03 bits per heavy atom. The van der Waals surface area contributed by atoms with Gasteiger partial charge in [0.15, 0.2) is 0 Å². The lowest BCUT2D eigenvalue weighted by Crippen LogP contribution is -2.54. The van der Waals surface area contributed by atoms with Crippen molar-refractivity contribution in [1.29, 1.82) is 0 Å². The summed E-state index contributed by atoms with van der Waals surface area (Å²) in [5, 5.41) is 33.2. The number of rotatable bonds is 20. The van der Waals surface area contributed by atoms with E-state index >= 15 is 0 Å². The van der Waals surface area contributed by atoms with Crippen LogP contribution in [0.3, 0.4) is 0 Å². The molecule has 0 saturated heterocycles. The molecule has 0 aromatic carbocycles. The first-order valence-corrected chi connectivity index (χ1v) is 12.3. The van der Waals surface area contributed by atoms with Crippen LogP contribution in [0.2, 0.25) is 0 Å². The van der Waals surface area contributed by atoms with Crippen molar-refractivity contribution in [3.8, 4) is 0 Å². The maximum atomic E-state index is 12.7. The lowest BCUT2D eigenvalue weighted by molar-refractivity contribution is -0.143. The summed E-state index contributed by atoms with van der Waals surface area (Å²) in [6.07, 6.45) is 2.61. The van der Waals surface area contributed by atoms with Gasteiger partial charge in [0.25, 0.3) is 0 Å². The minimum atomic E-state index is -1.22. The third-order valence-corrected chi connectivity index (χ3v) is 5.31. The molecule has 0 radical (unpaired) electrons. The van der Waals surface area contributed by atoms with Crippen LogP contribution in [-0.4, -0.2) is 83.8 Å². The average Bonchev–Trinajstić information content (AvgIpc) is 2.76. The molecule has 0 saturated carbocycles. The minimum Gasteiger partial charge on any atom is -0.481 e. The van der Waals surface area contributed by atoms with Crippen molar-refractivity contribution < 1.29 is 29.4 Å². The van der Waals surface area contributed by atoms with E-state index in [2.05, 4.69) is 33.5 Å². The first kappa shape index (κ1) is 31.8. The van der Waals surface area contributed by atoms with E-state index in [1.54, 1.807) is 0 Å². The molecule has 2 amide bonds. The topological polar surface area (TPSA) is 169 Å². The third kappa shape index (κ3) is 14.8. The van der Waals surface area contributed by atoms with E-state index in [0.717, 1.165) is 25.8 Å². The highest BCUT2D eigenvalue weighted by Crippen LogP contribution is 2.04. The van der Waals surface area contributed by atoms with Crippen molar-refractivity contribution in [1.82, 2.24) is 26.6 Å². The van der Waals surface area contributed by atoms with E-state index in [9.17, 15) is 24.3 Å². The number of amides is 2. The molecule has 0 aliphatic carbocycles. The zero-order valence-corrected chi connectivity index (χ0v) is 21.3. The Morgan fingerprint density at radius 2 is 1.50 bits per heavy atom. The van der Waals surface area contributed by atoms with Crippen LogP contribution < -0.4 is 26.6 Å². The third-order valence-electron chi connectivity index (χ3n) is 5.31. The van der Waals surface area contributed by atoms with E-state index in [1.165, 1.54) is 0 Å². The molecule has 0 aromatic rings. The van der Waals surface area contributed by atoms with Crippen LogP contribution in [0.25, 0.3) is 0 Å². The number of aliphatic carboxylic acids is 2. The van der Waals surface area contributed by atoms with Gasteiger partial charge in [-0.1, -0.05) is 34.1 Å². The second-order valence-electron chi connectivity index (χ2n) is 8.87. The molecule has 11 heteroatoms. The Bertz CT molecular complexity index is 631. The summed E-state index contributed by atoms with van der Waals surface area (Å²) >= 11 is 0. The highest BCUT2D eigenvalue weighted by atomic mass is 16.4. The maximum absolute atomic E-state index is 12.7. The van der Waals surface area contributed by atoms with Crippen molar-refractivity contribution >= 4 is 23.8 Å². The van der Waals surface area contributed by atoms with Gasteiger partial charge in [-0.25, -0.2) is 4.79 Å². The van der Waals surface area contributed by atoms with Crippen molar-refractivity contribution in [2.75, 3.05) is 19.6 Å². The lowest BCUT2D eigenvalue weighted by atomic mass is 10.1. The summed E-state index contributed by atoms with van der Waals surface area (Å²) in [7, 11) is 0. The maximum Gasteiger partial charge on any atom is 0.326 e. The predicted octanol–water partition coefficient (Wildman–Crippen LogP) is 0.440. The smallest absolute Gasteiger partial charge is 0.326 e. The van der Waals surface area contributed by atoms with Crippen LogP contribution in [0.1, 0.15) is 73.1 Å². The van der Waals surface area contributed by atoms with Crippen LogP contribution in [-0.2, 0) is 19.2 Å². The summed E-state index contributed by atoms with van der Waals surface area (Å²) in [4.78, 5) is 47.9. The van der Waals surface area contributed by atoms with E-state index in [0.29, 0.717) is 6.54 Å². The molecule has 2 unspecified atom stereocenters. The summed E-state index contributed by atoms with van der Waals surface area (Å²) in [5.41, 5.74) is 0. The Kier molecular flexibility index (Phi) is 16.9. The number of unbranched alkanes of at least 4 members (excludes halogenated alkanes) is 1. The number of carbonyl (C=O) groups excluding carboxylic acids is 2. The average molecular weight is 488 g/mol. The number of nitrogens with one attached hydrogen (secondary N) is 5. The van der Waals surface area contributed by atoms with Crippen molar-refractivity contribution in [2.45, 2.75) is 103 Å². The highest BCUT2D eigenvalue weighted by molar-refractivity contribution is 5.87. The Morgan fingerprint density at radius 1 is 0.824 bits per heavy atom. The molecule has 0 heterocycles. The molecule has 198 valence electrons. The standard InChI is InChI=1S/C23H45N5O6/c1-6-8-12-24-14-19(26-15(3)4)21(31)25-13-11-18(23(33)34)28-22(32)17(9-10-20(29)30)27-16(5)7-2/h15-19,24,26-27H,6-14H2,1-5H3,(H,25,31)(H,28,32)(H,29,30)(H,33,34)/t16?,17-,18?,19-/m0/s1. The van der Waals surface area contributed by atoms with Crippen LogP contribution in [0.4, 0.5) is 0 Å². The fraction of sp³-hybridized carbons (Fsp3) is 0.826. The van der Waals surface area contributed by atoms with Gasteiger partial charge >= 0.3 is 11.9 Å². The molecule has 0 rings (SSSR count). The molecule has 0 fully saturated rings. The Balaban J connectivity index is 4.91. The van der Waals surface area contributed by atoms with Gasteiger partial charge in [0.2, 0.25) is 11.8 Å². The minimum absolute atomic E-state index is 0.000539. The van der Waals surface area contributed by atoms with Gasteiger partial charge in [0.05, 0.1) is 12.1 Å². The van der Waals surface area contributed by atoms with E-state index in [-0.39, 0.29) is 43.8 Å². The number of hydrogen-bond donors (Lipinski definition) is 7. The van der Waals surface area contributed by atoms with Crippen molar-refractivity contribution in [3.05, 3.63) is 0 Å². The van der Waals surface area contributed by atoms with Crippen LogP contribution in [0.15, 0.2) is 0 Å². The molecule has 0 bridgehead atoms. The van der Waals surface area contributed by atoms with Crippen LogP contribution in [0, 0.1) is 0 Å². The first-order chi connectivity index (χ1) is 16.0. The molecule has 4 atom stereocenters. The van der Waals surface area contributed by atoms with Crippen LogP contribution >= 0.6 is 0 Å². The Labute approximate surface area is 203 Å². The summed E-state index contributed by atoms with van der Waals surface area (Å²) in [5.74, 6) is -3.07. The summed E-state index contributed by atoms with van der Waals surface area (Å²) < 4.78 is 0. The van der Waals surface area contributed by atoms with Gasteiger partial charge in [-0.2, -0.15) is 0 Å². The van der Waals surface area contributed by atoms with Gasteiger partial charge in [-0.05, 0) is 39.2 Å². The van der Waals surface area contributed by atoms with Gasteiger partial charge in [0.1, 0.15) is 6.04 Å². The van der Waals surface area contributed by atoms with Gasteiger partial charge in [-0.15, -0.1) is 0 Å². The van der Waals surface area contributed by atoms with Gasteiger partial charge in [0, 0.05) is 31.6 Å². The molecule has 0 aliphatic rings. The lowest BCUT2D eigenvalue weighted by Gasteiger charge is -2.24. The van der Waals surface area contributed by atoms with E-state index in [4.69, 9.17) is 5.11 Å². The quantitative estimate of drug-likeness (QED) is 0.120. The molecule has 0 aromatic heterocycles. The molecule has 7 N–H and O–H groups in total. The highest BCUT2D eigenvalue weighted by Gasteiger charge is 2.27. The van der Waals surface area contributed by atoms with Gasteiger partial charge in [-0.3, -0.25) is 14.4 Å². The molecule has 0 aliphatic heterocycles. The van der Waals surface area contributed by atoms with Crippen molar-refractivity contribution in [2.24, 2.45) is 0 Å². The second-order valence-corrected chi connectivity index (χ2v) is 8.87. The van der Waals surface area contributed by atoms with E-state index < -0.39 is 36.0 Å². The van der Waals surface area contributed by atoms with Gasteiger partial charge < -0.3 is 36.8 Å². The zero-order chi connectivity index (χ0) is 26.1. The second kappa shape index (κ2) is 18.1. The number of carboxylic acid groups (broad SMARTS) is 2. The monoisotopic (exact) mass is 487 g/mol. The number of carboxylic acids is 2.